The summed E-state index contributed by atoms with van der Waals surface area (Å²) in [7, 11) is 1.82. The minimum absolute atomic E-state index is 0.557. The largest absolute Gasteiger partial charge is 0.386 e. The SMILES string of the molecule is Cn1ncc(Br)c1C(O)Cc1ccc(Br)cc1. The van der Waals surface area contributed by atoms with E-state index in [1.807, 2.05) is 31.3 Å². The summed E-state index contributed by atoms with van der Waals surface area (Å²) in [5.74, 6) is 0. The molecule has 0 spiro atoms. The fourth-order valence-corrected chi connectivity index (χ4v) is 2.61. The van der Waals surface area contributed by atoms with E-state index in [4.69, 9.17) is 0 Å². The number of aliphatic hydroxyl groups excluding tert-OH is 1. The first kappa shape index (κ1) is 12.8. The highest BCUT2D eigenvalue weighted by atomic mass is 79.9. The number of hydrogen-bond donors (Lipinski definition) is 1. The second-order valence-corrected chi connectivity index (χ2v) is 5.62. The molecule has 1 unspecified atom stereocenters. The number of hydrogen-bond acceptors (Lipinski definition) is 2. The quantitative estimate of drug-likeness (QED) is 0.913. The molecule has 0 saturated carbocycles. The molecule has 0 aliphatic carbocycles. The van der Waals surface area contributed by atoms with Crippen LogP contribution in [0.5, 0.6) is 0 Å². The van der Waals surface area contributed by atoms with Crippen LogP contribution in [0.2, 0.25) is 0 Å². The molecule has 0 saturated heterocycles. The van der Waals surface area contributed by atoms with Crippen molar-refractivity contribution >= 4 is 31.9 Å². The van der Waals surface area contributed by atoms with E-state index in [9.17, 15) is 5.11 Å². The Labute approximate surface area is 117 Å². The Morgan fingerprint density at radius 3 is 2.47 bits per heavy atom. The van der Waals surface area contributed by atoms with Crippen LogP contribution in [0.3, 0.4) is 0 Å². The Bertz CT molecular complexity index is 488. The average molecular weight is 360 g/mol. The topological polar surface area (TPSA) is 38.0 Å². The van der Waals surface area contributed by atoms with Gasteiger partial charge < -0.3 is 5.11 Å². The van der Waals surface area contributed by atoms with E-state index >= 15 is 0 Å². The van der Waals surface area contributed by atoms with Crippen molar-refractivity contribution in [1.82, 2.24) is 9.78 Å². The molecule has 0 bridgehead atoms. The Hall–Kier alpha value is -0.650. The molecule has 1 N–H and O–H groups in total. The summed E-state index contributed by atoms with van der Waals surface area (Å²) < 4.78 is 3.57. The standard InChI is InChI=1S/C12H12Br2N2O/c1-16-12(10(14)7-15-16)11(17)6-8-2-4-9(13)5-3-8/h2-5,7,11,17H,6H2,1H3. The molecule has 5 heteroatoms. The molecule has 2 aromatic rings. The van der Waals surface area contributed by atoms with Crippen LogP contribution in [-0.2, 0) is 13.5 Å². The Balaban J connectivity index is 2.17. The zero-order valence-electron chi connectivity index (χ0n) is 9.27. The molecule has 1 atom stereocenters. The minimum atomic E-state index is -0.557. The normalized spacial score (nSPS) is 12.7. The van der Waals surface area contributed by atoms with Gasteiger partial charge in [-0.25, -0.2) is 0 Å². The lowest BCUT2D eigenvalue weighted by atomic mass is 10.1. The molecule has 17 heavy (non-hydrogen) atoms. The minimum Gasteiger partial charge on any atom is -0.386 e. The van der Waals surface area contributed by atoms with E-state index in [1.165, 1.54) is 0 Å². The van der Waals surface area contributed by atoms with Gasteiger partial charge in [-0.3, -0.25) is 4.68 Å². The van der Waals surface area contributed by atoms with Crippen LogP contribution in [0.4, 0.5) is 0 Å². The maximum atomic E-state index is 10.2. The number of nitrogens with zero attached hydrogens (tertiary/aromatic N) is 2. The fourth-order valence-electron chi connectivity index (χ4n) is 1.74. The zero-order valence-corrected chi connectivity index (χ0v) is 12.4. The summed E-state index contributed by atoms with van der Waals surface area (Å²) >= 11 is 6.78. The van der Waals surface area contributed by atoms with Crippen molar-refractivity contribution in [3.8, 4) is 0 Å². The van der Waals surface area contributed by atoms with Crippen LogP contribution in [0.1, 0.15) is 17.4 Å². The van der Waals surface area contributed by atoms with E-state index in [0.717, 1.165) is 20.2 Å². The highest BCUT2D eigenvalue weighted by Gasteiger charge is 2.16. The second-order valence-electron chi connectivity index (χ2n) is 3.85. The van der Waals surface area contributed by atoms with Crippen molar-refractivity contribution in [3.05, 3.63) is 50.7 Å². The Kier molecular flexibility index (Phi) is 4.01. The molecule has 1 aromatic carbocycles. The number of halogens is 2. The molecule has 90 valence electrons. The molecule has 0 aliphatic rings. The van der Waals surface area contributed by atoms with Crippen LogP contribution in [0.15, 0.2) is 39.4 Å². The highest BCUT2D eigenvalue weighted by molar-refractivity contribution is 9.10. The van der Waals surface area contributed by atoms with Gasteiger partial charge in [0.15, 0.2) is 0 Å². The van der Waals surface area contributed by atoms with Gasteiger partial charge in [0.05, 0.1) is 16.4 Å². The van der Waals surface area contributed by atoms with Crippen LogP contribution >= 0.6 is 31.9 Å². The molecule has 0 radical (unpaired) electrons. The number of aryl methyl sites for hydroxylation is 1. The second kappa shape index (κ2) is 5.33. The van der Waals surface area contributed by atoms with Gasteiger partial charge in [-0.05, 0) is 33.6 Å². The van der Waals surface area contributed by atoms with E-state index in [-0.39, 0.29) is 0 Å². The summed E-state index contributed by atoms with van der Waals surface area (Å²) in [5.41, 5.74) is 1.89. The van der Waals surface area contributed by atoms with Gasteiger partial charge in [0.2, 0.25) is 0 Å². The number of benzene rings is 1. The van der Waals surface area contributed by atoms with Crippen molar-refractivity contribution in [2.24, 2.45) is 7.05 Å². The summed E-state index contributed by atoms with van der Waals surface area (Å²) in [6, 6.07) is 7.94. The van der Waals surface area contributed by atoms with Gasteiger partial charge in [-0.1, -0.05) is 28.1 Å². The smallest absolute Gasteiger partial charge is 0.101 e. The van der Waals surface area contributed by atoms with Crippen molar-refractivity contribution in [2.45, 2.75) is 12.5 Å². The molecule has 2 rings (SSSR count). The van der Waals surface area contributed by atoms with E-state index in [0.29, 0.717) is 6.42 Å². The van der Waals surface area contributed by atoms with Crippen LogP contribution in [0, 0.1) is 0 Å². The fraction of sp³-hybridized carbons (Fsp3) is 0.250. The van der Waals surface area contributed by atoms with Gasteiger partial charge in [-0.15, -0.1) is 0 Å². The first-order valence-electron chi connectivity index (χ1n) is 5.18. The van der Waals surface area contributed by atoms with Gasteiger partial charge in [0.25, 0.3) is 0 Å². The molecule has 1 heterocycles. The lowest BCUT2D eigenvalue weighted by molar-refractivity contribution is 0.168. The van der Waals surface area contributed by atoms with Crippen LogP contribution in [0.25, 0.3) is 0 Å². The van der Waals surface area contributed by atoms with Gasteiger partial charge in [-0.2, -0.15) is 5.10 Å². The van der Waals surface area contributed by atoms with Crippen molar-refractivity contribution in [3.63, 3.8) is 0 Å². The summed E-state index contributed by atoms with van der Waals surface area (Å²) in [4.78, 5) is 0. The maximum absolute atomic E-state index is 10.2. The third-order valence-electron chi connectivity index (χ3n) is 2.60. The van der Waals surface area contributed by atoms with E-state index in [2.05, 4.69) is 37.0 Å². The predicted molar refractivity (Wildman–Crippen MR) is 73.7 cm³/mol. The molecule has 3 nitrogen and oxygen atoms in total. The zero-order chi connectivity index (χ0) is 12.4. The summed E-state index contributed by atoms with van der Waals surface area (Å²) in [6.07, 6.45) is 1.71. The highest BCUT2D eigenvalue weighted by Crippen LogP contribution is 2.25. The number of rotatable bonds is 3. The first-order chi connectivity index (χ1) is 8.08. The molecule has 0 aliphatic heterocycles. The first-order valence-corrected chi connectivity index (χ1v) is 6.76. The summed E-state index contributed by atoms with van der Waals surface area (Å²) in [6.45, 7) is 0. The summed E-state index contributed by atoms with van der Waals surface area (Å²) in [5, 5.41) is 14.3. The monoisotopic (exact) mass is 358 g/mol. The maximum Gasteiger partial charge on any atom is 0.101 e. The predicted octanol–water partition coefficient (Wildman–Crippen LogP) is 3.22. The number of aliphatic hydroxyl groups is 1. The molecular weight excluding hydrogens is 348 g/mol. The van der Waals surface area contributed by atoms with Crippen molar-refractivity contribution in [2.75, 3.05) is 0 Å². The van der Waals surface area contributed by atoms with Gasteiger partial charge >= 0.3 is 0 Å². The Morgan fingerprint density at radius 2 is 1.94 bits per heavy atom. The third kappa shape index (κ3) is 2.97. The lowest BCUT2D eigenvalue weighted by Crippen LogP contribution is -2.08. The Morgan fingerprint density at radius 1 is 1.29 bits per heavy atom. The van der Waals surface area contributed by atoms with Crippen molar-refractivity contribution in [1.29, 1.82) is 0 Å². The van der Waals surface area contributed by atoms with E-state index < -0.39 is 6.10 Å². The lowest BCUT2D eigenvalue weighted by Gasteiger charge is -2.12. The number of aromatic nitrogens is 2. The van der Waals surface area contributed by atoms with Gasteiger partial charge in [0, 0.05) is 17.9 Å². The van der Waals surface area contributed by atoms with Crippen LogP contribution < -0.4 is 0 Å². The molecule has 1 aromatic heterocycles. The van der Waals surface area contributed by atoms with Gasteiger partial charge in [0.1, 0.15) is 6.10 Å². The molecular formula is C12H12Br2N2O. The van der Waals surface area contributed by atoms with E-state index in [1.54, 1.807) is 10.9 Å². The van der Waals surface area contributed by atoms with Crippen molar-refractivity contribution < 1.29 is 5.11 Å². The average Bonchev–Trinajstić information content (AvgIpc) is 2.62. The molecule has 0 amide bonds. The third-order valence-corrected chi connectivity index (χ3v) is 3.74. The van der Waals surface area contributed by atoms with Crippen LogP contribution in [-0.4, -0.2) is 14.9 Å². The molecule has 0 fully saturated rings.